The number of anilines is 1. The highest BCUT2D eigenvalue weighted by Gasteiger charge is 2.53. The van der Waals surface area contributed by atoms with Crippen LogP contribution in [0.15, 0.2) is 18.2 Å². The van der Waals surface area contributed by atoms with E-state index in [4.69, 9.17) is 17.3 Å². The van der Waals surface area contributed by atoms with Crippen molar-refractivity contribution in [2.75, 3.05) is 18.8 Å². The number of carbonyl (C=O) groups excluding carboxylic acids is 1. The number of carbonyl (C=O) groups is 1. The van der Waals surface area contributed by atoms with Gasteiger partial charge < -0.3 is 15.7 Å². The summed E-state index contributed by atoms with van der Waals surface area (Å²) in [4.78, 5) is 13.8. The molecule has 18 heavy (non-hydrogen) atoms. The molecule has 1 heterocycles. The number of amides is 1. The monoisotopic (exact) mass is 266 g/mol. The molecular formula is C13H15ClN2O2. The molecule has 96 valence electrons. The zero-order chi connectivity index (χ0) is 12.9. The molecule has 1 aliphatic carbocycles. The number of aliphatic hydroxyl groups is 1. The molecule has 0 unspecified atom stereocenters. The van der Waals surface area contributed by atoms with Crippen LogP contribution in [0.3, 0.4) is 0 Å². The minimum absolute atomic E-state index is 0.155. The molecule has 1 saturated heterocycles. The molecule has 0 aromatic heterocycles. The van der Waals surface area contributed by atoms with E-state index in [0.717, 1.165) is 12.8 Å². The van der Waals surface area contributed by atoms with Crippen LogP contribution in [0.4, 0.5) is 5.69 Å². The third-order valence-electron chi connectivity index (χ3n) is 3.77. The average molecular weight is 267 g/mol. The number of likely N-dealkylation sites (tertiary alicyclic amines) is 1. The van der Waals surface area contributed by atoms with Crippen molar-refractivity contribution in [1.29, 1.82) is 0 Å². The molecule has 1 amide bonds. The van der Waals surface area contributed by atoms with Crippen LogP contribution in [0.25, 0.3) is 0 Å². The van der Waals surface area contributed by atoms with Gasteiger partial charge >= 0.3 is 0 Å². The summed E-state index contributed by atoms with van der Waals surface area (Å²) in [5.41, 5.74) is 5.92. The first-order valence-electron chi connectivity index (χ1n) is 6.06. The first kappa shape index (κ1) is 11.8. The van der Waals surface area contributed by atoms with E-state index >= 15 is 0 Å². The number of benzene rings is 1. The lowest BCUT2D eigenvalue weighted by molar-refractivity contribution is -0.0958. The fraction of sp³-hybridized carbons (Fsp3) is 0.462. The Kier molecular flexibility index (Phi) is 2.54. The number of hydrogen-bond donors (Lipinski definition) is 2. The van der Waals surface area contributed by atoms with Gasteiger partial charge in [-0.3, -0.25) is 4.79 Å². The van der Waals surface area contributed by atoms with E-state index in [0.29, 0.717) is 35.3 Å². The standard InChI is InChI=1S/C13H15ClN2O2/c14-11-4-3-9(15)5-10(11)12(17)16-6-13(18,7-16)8-1-2-8/h3-5,8,18H,1-2,6-7,15H2. The smallest absolute Gasteiger partial charge is 0.255 e. The van der Waals surface area contributed by atoms with Gasteiger partial charge in [-0.2, -0.15) is 0 Å². The minimum Gasteiger partial charge on any atom is -0.399 e. The molecule has 1 aliphatic heterocycles. The molecule has 5 heteroatoms. The molecule has 2 fully saturated rings. The van der Waals surface area contributed by atoms with Gasteiger partial charge in [-0.15, -0.1) is 0 Å². The summed E-state index contributed by atoms with van der Waals surface area (Å²) in [5, 5.41) is 10.6. The second kappa shape index (κ2) is 3.87. The predicted molar refractivity (Wildman–Crippen MR) is 69.4 cm³/mol. The van der Waals surface area contributed by atoms with Crippen LogP contribution in [0, 0.1) is 5.92 Å². The van der Waals surface area contributed by atoms with Gasteiger partial charge in [-0.1, -0.05) is 11.6 Å². The summed E-state index contributed by atoms with van der Waals surface area (Å²) < 4.78 is 0. The molecule has 0 spiro atoms. The van der Waals surface area contributed by atoms with Crippen LogP contribution in [-0.2, 0) is 0 Å². The number of halogens is 1. The Morgan fingerprint density at radius 2 is 2.11 bits per heavy atom. The van der Waals surface area contributed by atoms with Crippen molar-refractivity contribution in [1.82, 2.24) is 4.90 Å². The van der Waals surface area contributed by atoms with Gasteiger partial charge in [0, 0.05) is 5.69 Å². The second-order valence-electron chi connectivity index (χ2n) is 5.28. The van der Waals surface area contributed by atoms with Crippen LogP contribution in [0.5, 0.6) is 0 Å². The van der Waals surface area contributed by atoms with Crippen LogP contribution in [-0.4, -0.2) is 34.6 Å². The zero-order valence-electron chi connectivity index (χ0n) is 9.90. The van der Waals surface area contributed by atoms with E-state index in [1.54, 1.807) is 23.1 Å². The fourth-order valence-electron chi connectivity index (χ4n) is 2.51. The molecular weight excluding hydrogens is 252 g/mol. The quantitative estimate of drug-likeness (QED) is 0.798. The molecule has 1 aromatic carbocycles. The summed E-state index contributed by atoms with van der Waals surface area (Å²) >= 11 is 6.00. The van der Waals surface area contributed by atoms with E-state index in [1.807, 2.05) is 0 Å². The van der Waals surface area contributed by atoms with E-state index in [-0.39, 0.29) is 5.91 Å². The van der Waals surface area contributed by atoms with Gasteiger partial charge in [0.15, 0.2) is 0 Å². The van der Waals surface area contributed by atoms with Gasteiger partial charge in [0.1, 0.15) is 5.60 Å². The predicted octanol–water partition coefficient (Wildman–Crippen LogP) is 1.52. The second-order valence-corrected chi connectivity index (χ2v) is 5.69. The van der Waals surface area contributed by atoms with Crippen molar-refractivity contribution < 1.29 is 9.90 Å². The molecule has 1 aromatic rings. The van der Waals surface area contributed by atoms with E-state index < -0.39 is 5.60 Å². The summed E-state index contributed by atoms with van der Waals surface area (Å²) in [6, 6.07) is 4.87. The number of nitrogen functional groups attached to an aromatic ring is 1. The van der Waals surface area contributed by atoms with Crippen molar-refractivity contribution in [2.24, 2.45) is 5.92 Å². The Hall–Kier alpha value is -1.26. The molecule has 0 radical (unpaired) electrons. The number of nitrogens with two attached hydrogens (primary N) is 1. The van der Waals surface area contributed by atoms with Crippen molar-refractivity contribution >= 4 is 23.2 Å². The highest BCUT2D eigenvalue weighted by Crippen LogP contribution is 2.44. The Labute approximate surface area is 110 Å². The van der Waals surface area contributed by atoms with Gasteiger partial charge in [0.05, 0.1) is 23.7 Å². The first-order chi connectivity index (χ1) is 8.49. The van der Waals surface area contributed by atoms with Crippen molar-refractivity contribution in [2.45, 2.75) is 18.4 Å². The highest BCUT2D eigenvalue weighted by atomic mass is 35.5. The molecule has 4 nitrogen and oxygen atoms in total. The average Bonchev–Trinajstić information content (AvgIpc) is 3.11. The summed E-state index contributed by atoms with van der Waals surface area (Å²) in [5.74, 6) is 0.218. The molecule has 3 rings (SSSR count). The van der Waals surface area contributed by atoms with Crippen molar-refractivity contribution in [3.63, 3.8) is 0 Å². The third-order valence-corrected chi connectivity index (χ3v) is 4.10. The van der Waals surface area contributed by atoms with E-state index in [9.17, 15) is 9.90 Å². The fourth-order valence-corrected chi connectivity index (χ4v) is 2.71. The number of nitrogens with zero attached hydrogens (tertiary/aromatic N) is 1. The van der Waals surface area contributed by atoms with Crippen LogP contribution >= 0.6 is 11.6 Å². The van der Waals surface area contributed by atoms with Gasteiger partial charge in [0.25, 0.3) is 5.91 Å². The maximum Gasteiger partial charge on any atom is 0.255 e. The zero-order valence-corrected chi connectivity index (χ0v) is 10.7. The van der Waals surface area contributed by atoms with Crippen LogP contribution in [0.1, 0.15) is 23.2 Å². The maximum atomic E-state index is 12.2. The normalized spacial score (nSPS) is 21.6. The number of rotatable bonds is 2. The Morgan fingerprint density at radius 1 is 1.44 bits per heavy atom. The Morgan fingerprint density at radius 3 is 2.72 bits per heavy atom. The van der Waals surface area contributed by atoms with Gasteiger partial charge in [0.2, 0.25) is 0 Å². The SMILES string of the molecule is Nc1ccc(Cl)c(C(=O)N2CC(O)(C3CC3)C2)c1. The summed E-state index contributed by atoms with van der Waals surface area (Å²) in [6.07, 6.45) is 2.13. The lowest BCUT2D eigenvalue weighted by Crippen LogP contribution is -2.64. The number of β-amino-alcohol motifs (C(OH)–C–C–N with tert-alkyl or cyclic N) is 1. The summed E-state index contributed by atoms with van der Waals surface area (Å²) in [6.45, 7) is 0.809. The van der Waals surface area contributed by atoms with E-state index in [2.05, 4.69) is 0 Å². The first-order valence-corrected chi connectivity index (χ1v) is 6.44. The molecule has 2 aliphatic rings. The highest BCUT2D eigenvalue weighted by molar-refractivity contribution is 6.34. The topological polar surface area (TPSA) is 66.6 Å². The maximum absolute atomic E-state index is 12.2. The Bertz CT molecular complexity index is 508. The largest absolute Gasteiger partial charge is 0.399 e. The summed E-state index contributed by atoms with van der Waals surface area (Å²) in [7, 11) is 0. The van der Waals surface area contributed by atoms with Crippen LogP contribution < -0.4 is 5.73 Å². The van der Waals surface area contributed by atoms with Gasteiger partial charge in [-0.05, 0) is 37.0 Å². The molecule has 0 atom stereocenters. The third kappa shape index (κ3) is 1.85. The number of hydrogen-bond acceptors (Lipinski definition) is 3. The molecule has 0 bridgehead atoms. The van der Waals surface area contributed by atoms with Crippen molar-refractivity contribution in [3.8, 4) is 0 Å². The lowest BCUT2D eigenvalue weighted by atomic mass is 9.88. The minimum atomic E-state index is -0.664. The van der Waals surface area contributed by atoms with Crippen molar-refractivity contribution in [3.05, 3.63) is 28.8 Å². The Balaban J connectivity index is 1.74. The molecule has 1 saturated carbocycles. The molecule has 3 N–H and O–H groups in total. The van der Waals surface area contributed by atoms with Crippen LogP contribution in [0.2, 0.25) is 5.02 Å². The lowest BCUT2D eigenvalue weighted by Gasteiger charge is -2.47. The van der Waals surface area contributed by atoms with E-state index in [1.165, 1.54) is 0 Å². The van der Waals surface area contributed by atoms with Gasteiger partial charge in [-0.25, -0.2) is 0 Å².